The number of hydrogen-bond acceptors (Lipinski definition) is 1. The molecule has 0 spiro atoms. The summed E-state index contributed by atoms with van der Waals surface area (Å²) in [5.74, 6) is 0. The number of para-hydroxylation sites is 2. The molecule has 0 unspecified atom stereocenters. The second kappa shape index (κ2) is 12.7. The van der Waals surface area contributed by atoms with Gasteiger partial charge in [-0.2, -0.15) is 0 Å². The Bertz CT molecular complexity index is 3330. The molecular weight excluding hydrogens is 725 g/mol. The molecule has 0 N–H and O–H groups in total. The average Bonchev–Trinajstić information content (AvgIpc) is 3.83. The molecule has 2 aliphatic carbocycles. The van der Waals surface area contributed by atoms with E-state index in [0.29, 0.717) is 0 Å². The van der Waals surface area contributed by atoms with E-state index in [1.807, 2.05) is 0 Å². The van der Waals surface area contributed by atoms with Crippen molar-refractivity contribution in [2.75, 3.05) is 4.90 Å². The summed E-state index contributed by atoms with van der Waals surface area (Å²) in [6, 6.07) is 72.4. The molecule has 0 bridgehead atoms. The summed E-state index contributed by atoms with van der Waals surface area (Å²) in [5.41, 5.74) is 20.0. The van der Waals surface area contributed by atoms with E-state index in [0.717, 1.165) is 11.4 Å². The lowest BCUT2D eigenvalue weighted by Crippen LogP contribution is -2.16. The second-order valence-electron chi connectivity index (χ2n) is 17.7. The highest BCUT2D eigenvalue weighted by atomic mass is 15.1. The number of anilines is 3. The van der Waals surface area contributed by atoms with Crippen molar-refractivity contribution in [2.24, 2.45) is 0 Å². The van der Waals surface area contributed by atoms with Gasteiger partial charge in [-0.1, -0.05) is 173 Å². The Hall–Kier alpha value is -7.16. The molecule has 2 nitrogen and oxygen atoms in total. The first-order chi connectivity index (χ1) is 29.3. The molecule has 2 heteroatoms. The number of hydrogen-bond donors (Lipinski definition) is 0. The normalized spacial score (nSPS) is 14.3. The molecule has 0 amide bonds. The number of rotatable bonds is 5. The minimum atomic E-state index is -0.135. The van der Waals surface area contributed by atoms with Crippen LogP contribution < -0.4 is 4.90 Å². The van der Waals surface area contributed by atoms with Crippen LogP contribution in [0.15, 0.2) is 194 Å². The van der Waals surface area contributed by atoms with E-state index in [9.17, 15) is 0 Å². The van der Waals surface area contributed by atoms with Crippen molar-refractivity contribution in [1.82, 2.24) is 4.57 Å². The minimum Gasteiger partial charge on any atom is -0.310 e. The van der Waals surface area contributed by atoms with Gasteiger partial charge in [0.25, 0.3) is 0 Å². The number of benzene rings is 9. The molecule has 286 valence electrons. The van der Waals surface area contributed by atoms with E-state index in [2.05, 4.69) is 231 Å². The van der Waals surface area contributed by atoms with E-state index in [1.165, 1.54) is 99.6 Å². The summed E-state index contributed by atoms with van der Waals surface area (Å²) < 4.78 is 2.47. The molecular formula is C58H44N2. The number of aromatic nitrogens is 1. The maximum Gasteiger partial charge on any atom is 0.0546 e. The maximum atomic E-state index is 2.55. The second-order valence-corrected chi connectivity index (χ2v) is 17.7. The quantitative estimate of drug-likeness (QED) is 0.169. The molecule has 0 atom stereocenters. The molecule has 0 radical (unpaired) electrons. The Morgan fingerprint density at radius 3 is 1.72 bits per heavy atom. The molecule has 0 saturated heterocycles. The molecule has 0 fully saturated rings. The number of fused-ring (bicyclic) bond motifs is 10. The predicted octanol–water partition coefficient (Wildman–Crippen LogP) is 15.7. The van der Waals surface area contributed by atoms with Gasteiger partial charge < -0.3 is 9.47 Å². The first-order valence-electron chi connectivity index (χ1n) is 21.2. The molecule has 0 saturated carbocycles. The Labute approximate surface area is 351 Å². The SMILES string of the molecule is CC1(C)c2ccccc2-c2cc(N(c3cc(-c4ccccc4)c4c(-n5c6ccccc6c6ccccc65)cccc4c3)c3cccc4c3-c3ccccc3C4(C)C)ccc21. The topological polar surface area (TPSA) is 8.17 Å². The van der Waals surface area contributed by atoms with Crippen molar-refractivity contribution >= 4 is 49.6 Å². The van der Waals surface area contributed by atoms with Crippen LogP contribution in [0.5, 0.6) is 0 Å². The molecule has 1 aromatic heterocycles. The summed E-state index contributed by atoms with van der Waals surface area (Å²) >= 11 is 0. The van der Waals surface area contributed by atoms with Gasteiger partial charge in [0.15, 0.2) is 0 Å². The first-order valence-corrected chi connectivity index (χ1v) is 21.2. The third-order valence-electron chi connectivity index (χ3n) is 13.8. The van der Waals surface area contributed by atoms with Crippen LogP contribution in [0, 0.1) is 0 Å². The number of nitrogens with zero attached hydrogens (tertiary/aromatic N) is 2. The predicted molar refractivity (Wildman–Crippen MR) is 254 cm³/mol. The van der Waals surface area contributed by atoms with Crippen LogP contribution in [0.3, 0.4) is 0 Å². The molecule has 9 aromatic carbocycles. The Morgan fingerprint density at radius 1 is 0.400 bits per heavy atom. The zero-order valence-corrected chi connectivity index (χ0v) is 34.4. The zero-order chi connectivity index (χ0) is 40.3. The van der Waals surface area contributed by atoms with Gasteiger partial charge in [-0.05, 0) is 104 Å². The largest absolute Gasteiger partial charge is 0.310 e. The summed E-state index contributed by atoms with van der Waals surface area (Å²) in [7, 11) is 0. The van der Waals surface area contributed by atoms with Gasteiger partial charge in [-0.3, -0.25) is 0 Å². The lowest BCUT2D eigenvalue weighted by molar-refractivity contribution is 0.660. The Morgan fingerprint density at radius 2 is 0.967 bits per heavy atom. The van der Waals surface area contributed by atoms with Crippen LogP contribution in [0.25, 0.3) is 71.6 Å². The van der Waals surface area contributed by atoms with Gasteiger partial charge in [0.2, 0.25) is 0 Å². The van der Waals surface area contributed by atoms with Gasteiger partial charge >= 0.3 is 0 Å². The minimum absolute atomic E-state index is 0.0844. The fourth-order valence-electron chi connectivity index (χ4n) is 10.9. The first kappa shape index (κ1) is 34.8. The van der Waals surface area contributed by atoms with E-state index in [1.54, 1.807) is 0 Å². The summed E-state index contributed by atoms with van der Waals surface area (Å²) in [5, 5.41) is 4.94. The molecule has 60 heavy (non-hydrogen) atoms. The van der Waals surface area contributed by atoms with E-state index in [-0.39, 0.29) is 10.8 Å². The van der Waals surface area contributed by atoms with Crippen LogP contribution >= 0.6 is 0 Å². The highest BCUT2D eigenvalue weighted by molar-refractivity contribution is 6.13. The van der Waals surface area contributed by atoms with Crippen molar-refractivity contribution in [3.8, 4) is 39.1 Å². The molecule has 1 heterocycles. The lowest BCUT2D eigenvalue weighted by atomic mass is 9.82. The summed E-state index contributed by atoms with van der Waals surface area (Å²) in [6.45, 7) is 9.48. The highest BCUT2D eigenvalue weighted by Crippen LogP contribution is 2.56. The van der Waals surface area contributed by atoms with Crippen LogP contribution in [0.1, 0.15) is 49.9 Å². The Kier molecular flexibility index (Phi) is 7.36. The fraction of sp³-hybridized carbons (Fsp3) is 0.103. The Balaban J connectivity index is 1.18. The van der Waals surface area contributed by atoms with E-state index in [4.69, 9.17) is 0 Å². The van der Waals surface area contributed by atoms with Gasteiger partial charge in [-0.25, -0.2) is 0 Å². The molecule has 10 aromatic rings. The summed E-state index contributed by atoms with van der Waals surface area (Å²) in [6.07, 6.45) is 0. The van der Waals surface area contributed by atoms with Gasteiger partial charge in [-0.15, -0.1) is 0 Å². The van der Waals surface area contributed by atoms with Crippen molar-refractivity contribution < 1.29 is 0 Å². The van der Waals surface area contributed by atoms with Crippen molar-refractivity contribution in [2.45, 2.75) is 38.5 Å². The van der Waals surface area contributed by atoms with Gasteiger partial charge in [0.1, 0.15) is 0 Å². The summed E-state index contributed by atoms with van der Waals surface area (Å²) in [4.78, 5) is 2.55. The van der Waals surface area contributed by atoms with E-state index >= 15 is 0 Å². The van der Waals surface area contributed by atoms with E-state index < -0.39 is 0 Å². The van der Waals surface area contributed by atoms with Crippen molar-refractivity contribution in [1.29, 1.82) is 0 Å². The third kappa shape index (κ3) is 4.82. The monoisotopic (exact) mass is 768 g/mol. The van der Waals surface area contributed by atoms with Crippen LogP contribution in [0.4, 0.5) is 17.1 Å². The average molecular weight is 769 g/mol. The molecule has 12 rings (SSSR count). The maximum absolute atomic E-state index is 2.55. The molecule has 0 aliphatic heterocycles. The molecule has 2 aliphatic rings. The van der Waals surface area contributed by atoms with Gasteiger partial charge in [0, 0.05) is 43.9 Å². The van der Waals surface area contributed by atoms with Crippen molar-refractivity contribution in [3.63, 3.8) is 0 Å². The third-order valence-corrected chi connectivity index (χ3v) is 13.8. The smallest absolute Gasteiger partial charge is 0.0546 e. The lowest BCUT2D eigenvalue weighted by Gasteiger charge is -2.31. The zero-order valence-electron chi connectivity index (χ0n) is 34.4. The highest BCUT2D eigenvalue weighted by Gasteiger charge is 2.39. The van der Waals surface area contributed by atoms with Gasteiger partial charge in [0.05, 0.1) is 22.4 Å². The van der Waals surface area contributed by atoms with Crippen LogP contribution in [-0.2, 0) is 10.8 Å². The van der Waals surface area contributed by atoms with Crippen LogP contribution in [-0.4, -0.2) is 4.57 Å². The van der Waals surface area contributed by atoms with Crippen molar-refractivity contribution in [3.05, 3.63) is 216 Å². The fourth-order valence-corrected chi connectivity index (χ4v) is 10.9. The van der Waals surface area contributed by atoms with Crippen LogP contribution in [0.2, 0.25) is 0 Å². The standard InChI is InChI=1S/C58H44N2/c1-57(2)47-25-12-8-21-41(47)46-35-39(32-33-49(46)57)59(54-31-17-27-50-56(54)44-24-9-13-26-48(44)58(50,3)4)40-34-38-20-16-30-53(55(38)45(36-40)37-18-6-5-7-19-37)60-51-28-14-10-22-42(51)43-23-11-15-29-52(43)60/h5-36H,1-4H3.